The van der Waals surface area contributed by atoms with Crippen molar-refractivity contribution in [3.63, 3.8) is 0 Å². The van der Waals surface area contributed by atoms with Gasteiger partial charge in [-0.2, -0.15) is 0 Å². The fraction of sp³-hybridized carbons (Fsp3) is 0.467. The zero-order valence-electron chi connectivity index (χ0n) is 23.2. The summed E-state index contributed by atoms with van der Waals surface area (Å²) in [7, 11) is 3.21. The molecule has 2 aromatic carbocycles. The summed E-state index contributed by atoms with van der Waals surface area (Å²) in [5.41, 5.74) is 1.02. The number of nitrogens with one attached hydrogen (secondary N) is 2. The highest BCUT2D eigenvalue weighted by molar-refractivity contribution is 7.15. The minimum absolute atomic E-state index is 0.0560. The van der Waals surface area contributed by atoms with Gasteiger partial charge >= 0.3 is 0 Å². The third-order valence-electron chi connectivity index (χ3n) is 9.06. The molecule has 1 fully saturated rings. The number of aromatic hydroxyl groups is 1. The number of hydrogen-bond donors (Lipinski definition) is 5. The first kappa shape index (κ1) is 28.2. The van der Waals surface area contributed by atoms with Crippen LogP contribution < -0.4 is 20.1 Å². The van der Waals surface area contributed by atoms with Crippen LogP contribution in [0.25, 0.3) is 0 Å². The van der Waals surface area contributed by atoms with E-state index in [1.54, 1.807) is 32.4 Å². The Morgan fingerprint density at radius 1 is 1.18 bits per heavy atom. The largest absolute Gasteiger partial charge is 0.508 e. The SMILES string of the molecule is COc1ccc(OC)c(Nc2nc3c(s2)C[C@@H]2[C@](C)(CO)[C@H](O)CC[C@@]2(C)[C@@H]3CC(=O)Nc2cccc(O)c2)c1. The number of thiazole rings is 1. The Bertz CT molecular complexity index is 1400. The third kappa shape index (κ3) is 5.00. The maximum absolute atomic E-state index is 13.4. The van der Waals surface area contributed by atoms with Gasteiger partial charge in [0.25, 0.3) is 0 Å². The number of ether oxygens (including phenoxy) is 2. The molecule has 10 heteroatoms. The number of benzene rings is 2. The van der Waals surface area contributed by atoms with E-state index in [2.05, 4.69) is 17.6 Å². The van der Waals surface area contributed by atoms with E-state index in [1.165, 1.54) is 17.4 Å². The van der Waals surface area contributed by atoms with Crippen LogP contribution in [0.1, 0.15) is 49.6 Å². The molecule has 1 heterocycles. The summed E-state index contributed by atoms with van der Waals surface area (Å²) >= 11 is 1.52. The molecule has 2 aliphatic rings. The van der Waals surface area contributed by atoms with Crippen LogP contribution in [-0.4, -0.2) is 53.1 Å². The summed E-state index contributed by atoms with van der Waals surface area (Å²) in [6, 6.07) is 12.0. The minimum Gasteiger partial charge on any atom is -0.508 e. The zero-order valence-corrected chi connectivity index (χ0v) is 24.0. The lowest BCUT2D eigenvalue weighted by atomic mass is 9.47. The summed E-state index contributed by atoms with van der Waals surface area (Å²) in [5, 5.41) is 38.3. The normalized spacial score (nSPS) is 27.3. The highest BCUT2D eigenvalue weighted by Gasteiger charge is 2.59. The molecule has 0 unspecified atom stereocenters. The summed E-state index contributed by atoms with van der Waals surface area (Å²) in [6.45, 7) is 3.98. The lowest BCUT2D eigenvalue weighted by Crippen LogP contribution is -2.57. The summed E-state index contributed by atoms with van der Waals surface area (Å²) < 4.78 is 10.9. The molecular weight excluding hydrogens is 530 g/mol. The highest BCUT2D eigenvalue weighted by atomic mass is 32.1. The van der Waals surface area contributed by atoms with Crippen molar-refractivity contribution in [2.75, 3.05) is 31.5 Å². The maximum Gasteiger partial charge on any atom is 0.225 e. The number of aliphatic hydroxyl groups is 2. The monoisotopic (exact) mass is 567 g/mol. The Morgan fingerprint density at radius 3 is 2.67 bits per heavy atom. The van der Waals surface area contributed by atoms with E-state index in [1.807, 2.05) is 25.1 Å². The number of anilines is 3. The number of amides is 1. The molecule has 2 aliphatic carbocycles. The smallest absolute Gasteiger partial charge is 0.225 e. The summed E-state index contributed by atoms with van der Waals surface area (Å²) in [4.78, 5) is 19.5. The van der Waals surface area contributed by atoms with Crippen LogP contribution in [0.5, 0.6) is 17.2 Å². The first-order valence-corrected chi connectivity index (χ1v) is 14.3. The number of hydrogen-bond acceptors (Lipinski definition) is 9. The highest BCUT2D eigenvalue weighted by Crippen LogP contribution is 2.63. The molecule has 0 bridgehead atoms. The standard InChI is InChI=1S/C30H37N3O6S/c1-29-11-10-25(36)30(2,16-34)24(29)15-23-27(20(29)14-26(37)31-17-6-5-7-18(35)12-17)33-28(40-23)32-21-13-19(38-3)8-9-22(21)39-4/h5-9,12-13,20,24-25,34-36H,10-11,14-16H2,1-4H3,(H,31,37)(H,32,33)/t20-,24+,25-,29+,30+/m1/s1. The molecule has 0 spiro atoms. The van der Waals surface area contributed by atoms with Crippen molar-refractivity contribution >= 4 is 33.8 Å². The lowest BCUT2D eigenvalue weighted by molar-refractivity contribution is -0.143. The van der Waals surface area contributed by atoms with Gasteiger partial charge in [0.2, 0.25) is 5.91 Å². The fourth-order valence-electron chi connectivity index (χ4n) is 6.71. The summed E-state index contributed by atoms with van der Waals surface area (Å²) in [5.74, 6) is 0.922. The molecule has 0 aliphatic heterocycles. The van der Waals surface area contributed by atoms with Crippen molar-refractivity contribution in [2.24, 2.45) is 16.7 Å². The maximum atomic E-state index is 13.4. The van der Waals surface area contributed by atoms with Gasteiger partial charge < -0.3 is 35.4 Å². The fourth-order valence-corrected chi connectivity index (χ4v) is 7.79. The molecule has 0 radical (unpaired) electrons. The van der Waals surface area contributed by atoms with Crippen molar-refractivity contribution in [1.29, 1.82) is 0 Å². The van der Waals surface area contributed by atoms with E-state index >= 15 is 0 Å². The number of nitrogens with zero attached hydrogens (tertiary/aromatic N) is 1. The second kappa shape index (κ2) is 10.9. The third-order valence-corrected chi connectivity index (χ3v) is 10.1. The summed E-state index contributed by atoms with van der Waals surface area (Å²) in [6.07, 6.45) is 1.45. The van der Waals surface area contributed by atoms with Crippen LogP contribution in [0.2, 0.25) is 0 Å². The van der Waals surface area contributed by atoms with Gasteiger partial charge in [-0.3, -0.25) is 4.79 Å². The van der Waals surface area contributed by atoms with E-state index in [9.17, 15) is 20.1 Å². The molecule has 5 atom stereocenters. The second-order valence-electron chi connectivity index (χ2n) is 11.4. The van der Waals surface area contributed by atoms with E-state index in [4.69, 9.17) is 14.5 Å². The van der Waals surface area contributed by atoms with Crippen LogP contribution >= 0.6 is 11.3 Å². The number of aliphatic hydroxyl groups excluding tert-OH is 2. The quantitative estimate of drug-likeness (QED) is 0.255. The van der Waals surface area contributed by atoms with E-state index < -0.39 is 11.5 Å². The molecule has 3 aromatic rings. The molecule has 1 aromatic heterocycles. The first-order chi connectivity index (χ1) is 19.1. The van der Waals surface area contributed by atoms with Crippen LogP contribution in [0.4, 0.5) is 16.5 Å². The molecule has 1 saturated carbocycles. The molecule has 214 valence electrons. The number of methoxy groups -OCH3 is 2. The Hall–Kier alpha value is -3.34. The number of phenols is 1. The number of fused-ring (bicyclic) bond motifs is 2. The van der Waals surface area contributed by atoms with Crippen LogP contribution in [-0.2, 0) is 11.2 Å². The van der Waals surface area contributed by atoms with Gasteiger partial charge in [0.05, 0.1) is 38.3 Å². The number of carbonyl (C=O) groups excluding carboxylic acids is 1. The molecule has 5 N–H and O–H groups in total. The Kier molecular flexibility index (Phi) is 7.69. The molecular formula is C30H37N3O6S. The topological polar surface area (TPSA) is 133 Å². The number of phenolic OH excluding ortho intramolecular Hbond substituents is 1. The average Bonchev–Trinajstić information content (AvgIpc) is 3.34. The van der Waals surface area contributed by atoms with Crippen molar-refractivity contribution < 1.29 is 29.6 Å². The zero-order chi connectivity index (χ0) is 28.7. The molecule has 5 rings (SSSR count). The van der Waals surface area contributed by atoms with E-state index in [0.29, 0.717) is 47.3 Å². The Labute approximate surface area is 238 Å². The van der Waals surface area contributed by atoms with Gasteiger partial charge in [-0.1, -0.05) is 19.9 Å². The van der Waals surface area contributed by atoms with Crippen LogP contribution in [0.3, 0.4) is 0 Å². The number of aromatic nitrogens is 1. The average molecular weight is 568 g/mol. The Morgan fingerprint density at radius 2 is 1.98 bits per heavy atom. The van der Waals surface area contributed by atoms with E-state index in [-0.39, 0.29) is 41.9 Å². The first-order valence-electron chi connectivity index (χ1n) is 13.5. The predicted octanol–water partition coefficient (Wildman–Crippen LogP) is 5.05. The second-order valence-corrected chi connectivity index (χ2v) is 12.4. The molecule has 9 nitrogen and oxygen atoms in total. The predicted molar refractivity (Wildman–Crippen MR) is 155 cm³/mol. The van der Waals surface area contributed by atoms with Gasteiger partial charge in [0.15, 0.2) is 5.13 Å². The number of rotatable bonds is 8. The minimum atomic E-state index is -0.710. The van der Waals surface area contributed by atoms with Gasteiger partial charge in [-0.25, -0.2) is 4.98 Å². The van der Waals surface area contributed by atoms with Crippen molar-refractivity contribution in [2.45, 2.75) is 51.6 Å². The van der Waals surface area contributed by atoms with Crippen molar-refractivity contribution in [1.82, 2.24) is 4.98 Å². The van der Waals surface area contributed by atoms with Gasteiger partial charge in [0, 0.05) is 40.5 Å². The molecule has 40 heavy (non-hydrogen) atoms. The molecule has 0 saturated heterocycles. The van der Waals surface area contributed by atoms with E-state index in [0.717, 1.165) is 10.6 Å². The number of carbonyl (C=O) groups is 1. The molecule has 1 amide bonds. The van der Waals surface area contributed by atoms with Crippen LogP contribution in [0, 0.1) is 16.7 Å². The lowest BCUT2D eigenvalue weighted by Gasteiger charge is -2.58. The van der Waals surface area contributed by atoms with Gasteiger partial charge in [0.1, 0.15) is 17.2 Å². The Balaban J connectivity index is 1.52. The van der Waals surface area contributed by atoms with Crippen molar-refractivity contribution in [3.8, 4) is 17.2 Å². The van der Waals surface area contributed by atoms with Crippen LogP contribution in [0.15, 0.2) is 42.5 Å². The van der Waals surface area contributed by atoms with Gasteiger partial charge in [-0.05, 0) is 54.9 Å². The van der Waals surface area contributed by atoms with Crippen molar-refractivity contribution in [3.05, 3.63) is 53.0 Å². The van der Waals surface area contributed by atoms with Gasteiger partial charge in [-0.15, -0.1) is 11.3 Å².